The van der Waals surface area contributed by atoms with Crippen molar-refractivity contribution < 1.29 is 29.2 Å². The number of methoxy groups -OCH3 is 2. The second-order valence-electron chi connectivity index (χ2n) is 11.8. The predicted molar refractivity (Wildman–Crippen MR) is 116 cm³/mol. The van der Waals surface area contributed by atoms with E-state index in [1.807, 2.05) is 0 Å². The van der Waals surface area contributed by atoms with Crippen LogP contribution >= 0.6 is 0 Å². The summed E-state index contributed by atoms with van der Waals surface area (Å²) in [5.41, 5.74) is -1.20. The smallest absolute Gasteiger partial charge is 0.302 e. The lowest BCUT2D eigenvalue weighted by Gasteiger charge is -2.69. The molecule has 12 atom stereocenters. The minimum Gasteiger partial charge on any atom is -0.462 e. The van der Waals surface area contributed by atoms with Gasteiger partial charge in [0, 0.05) is 68.7 Å². The molecule has 7 nitrogen and oxygen atoms in total. The number of hydrogen-bond acceptors (Lipinski definition) is 7. The van der Waals surface area contributed by atoms with E-state index in [4.69, 9.17) is 14.2 Å². The summed E-state index contributed by atoms with van der Waals surface area (Å²) in [5, 5.41) is 24.4. The number of hydrogen-bond donors (Lipinski definition) is 2. The topological polar surface area (TPSA) is 88.5 Å². The van der Waals surface area contributed by atoms with Crippen LogP contribution < -0.4 is 0 Å². The van der Waals surface area contributed by atoms with Crippen LogP contribution in [0, 0.1) is 40.4 Å². The Morgan fingerprint density at radius 2 is 2.00 bits per heavy atom. The number of carbonyl (C=O) groups is 1. The van der Waals surface area contributed by atoms with Crippen molar-refractivity contribution in [2.45, 2.75) is 75.9 Å². The molecule has 180 valence electrons. The zero-order chi connectivity index (χ0) is 22.6. The van der Waals surface area contributed by atoms with Gasteiger partial charge in [0.25, 0.3) is 0 Å². The van der Waals surface area contributed by atoms with Gasteiger partial charge in [0.15, 0.2) is 0 Å². The average molecular weight is 450 g/mol. The molecule has 6 fully saturated rings. The third kappa shape index (κ3) is 2.28. The number of likely N-dealkylation sites (tertiary alicyclic amines) is 1. The molecule has 5 aliphatic carbocycles. The number of fused-ring (bicyclic) bond motifs is 2. The Balaban J connectivity index is 1.56. The molecule has 6 rings (SSSR count). The van der Waals surface area contributed by atoms with E-state index in [0.717, 1.165) is 38.8 Å². The summed E-state index contributed by atoms with van der Waals surface area (Å²) in [6.45, 7) is 6.27. The van der Waals surface area contributed by atoms with Crippen LogP contribution in [0.4, 0.5) is 0 Å². The zero-order valence-electron chi connectivity index (χ0n) is 19.8. The molecule has 1 aliphatic heterocycles. The Morgan fingerprint density at radius 1 is 1.22 bits per heavy atom. The Hall–Kier alpha value is -0.730. The number of piperidine rings is 1. The second-order valence-corrected chi connectivity index (χ2v) is 11.8. The Bertz CT molecular complexity index is 807. The first-order valence-electron chi connectivity index (χ1n) is 12.6. The van der Waals surface area contributed by atoms with Crippen LogP contribution in [0.1, 0.15) is 46.0 Å². The molecule has 1 spiro atoms. The molecule has 0 aromatic heterocycles. The van der Waals surface area contributed by atoms with Gasteiger partial charge >= 0.3 is 5.97 Å². The molecule has 6 aliphatic rings. The van der Waals surface area contributed by atoms with Gasteiger partial charge in [-0.2, -0.15) is 0 Å². The maximum absolute atomic E-state index is 12.5. The fourth-order valence-electron chi connectivity index (χ4n) is 10.7. The maximum Gasteiger partial charge on any atom is 0.302 e. The molecule has 2 N–H and O–H groups in total. The van der Waals surface area contributed by atoms with Crippen molar-refractivity contribution >= 4 is 5.97 Å². The lowest BCUT2D eigenvalue weighted by Crippen LogP contribution is -2.76. The first-order chi connectivity index (χ1) is 15.3. The van der Waals surface area contributed by atoms with E-state index in [9.17, 15) is 15.0 Å². The van der Waals surface area contributed by atoms with Gasteiger partial charge in [-0.3, -0.25) is 9.69 Å². The summed E-state index contributed by atoms with van der Waals surface area (Å²) in [6, 6.07) is 0.163. The van der Waals surface area contributed by atoms with Crippen molar-refractivity contribution in [3.05, 3.63) is 0 Å². The minimum absolute atomic E-state index is 0.0138. The fourth-order valence-corrected chi connectivity index (χ4v) is 10.7. The molecule has 7 bridgehead atoms. The van der Waals surface area contributed by atoms with E-state index >= 15 is 0 Å². The van der Waals surface area contributed by atoms with Gasteiger partial charge in [-0.1, -0.05) is 6.92 Å². The molecule has 1 saturated heterocycles. The summed E-state index contributed by atoms with van der Waals surface area (Å²) in [5.74, 6) is 0.164. The highest BCUT2D eigenvalue weighted by molar-refractivity contribution is 5.66. The summed E-state index contributed by atoms with van der Waals surface area (Å²) >= 11 is 0. The van der Waals surface area contributed by atoms with Crippen molar-refractivity contribution in [2.24, 2.45) is 40.4 Å². The molecular formula is C25H39NO6. The van der Waals surface area contributed by atoms with Crippen LogP contribution in [-0.2, 0) is 19.0 Å². The molecule has 3 unspecified atom stereocenters. The number of aliphatic hydroxyl groups excluding tert-OH is 1. The normalized spacial score (nSPS) is 57.5. The quantitative estimate of drug-likeness (QED) is 0.614. The van der Waals surface area contributed by atoms with Crippen molar-refractivity contribution in [1.29, 1.82) is 0 Å². The molecule has 0 radical (unpaired) electrons. The summed E-state index contributed by atoms with van der Waals surface area (Å²) in [4.78, 5) is 14.7. The second kappa shape index (κ2) is 6.91. The standard InChI is InChI=1S/C25H39NO6/c1-5-26-11-23(12-30-3)7-6-19(28)25-15-8-14-17(31-4)10-24(29,16(22(25)26)9-18(23)25)20(15)21(14)32-13(2)27/h14-22,28-29H,5-12H2,1-4H3/t14-,15-,16-,17+,18-,19+,20-,21+,22?,23?,24+,25?/m1/s1. The molecule has 0 aromatic rings. The number of nitrogens with zero attached hydrogens (tertiary/aromatic N) is 1. The zero-order valence-corrected chi connectivity index (χ0v) is 19.8. The third-order valence-corrected chi connectivity index (χ3v) is 11.2. The average Bonchev–Trinajstić information content (AvgIpc) is 3.20. The van der Waals surface area contributed by atoms with Crippen LogP contribution in [-0.4, -0.2) is 85.0 Å². The van der Waals surface area contributed by atoms with Gasteiger partial charge in [0.05, 0.1) is 24.4 Å². The van der Waals surface area contributed by atoms with E-state index in [2.05, 4.69) is 11.8 Å². The summed E-state index contributed by atoms with van der Waals surface area (Å²) in [7, 11) is 3.51. The van der Waals surface area contributed by atoms with Gasteiger partial charge in [-0.05, 0) is 44.1 Å². The highest BCUT2D eigenvalue weighted by Gasteiger charge is 2.83. The Labute approximate surface area is 190 Å². The monoisotopic (exact) mass is 449 g/mol. The van der Waals surface area contributed by atoms with E-state index < -0.39 is 11.7 Å². The van der Waals surface area contributed by atoms with Crippen molar-refractivity contribution in [1.82, 2.24) is 4.90 Å². The SMILES string of the molecule is CCN1CC2(COC)CC[C@H](O)C34C1[C@@H](C[C@H]23)[C@@]1(O)C[C@H](OC)[C@H]2C[C@@H]4[C@@H]1[C@H]2OC(C)=O. The van der Waals surface area contributed by atoms with Gasteiger partial charge in [0.2, 0.25) is 0 Å². The molecule has 1 heterocycles. The van der Waals surface area contributed by atoms with E-state index in [0.29, 0.717) is 18.9 Å². The summed E-state index contributed by atoms with van der Waals surface area (Å²) in [6.07, 6.45) is 3.27. The first-order valence-corrected chi connectivity index (χ1v) is 12.6. The van der Waals surface area contributed by atoms with E-state index in [1.54, 1.807) is 14.2 Å². The summed E-state index contributed by atoms with van der Waals surface area (Å²) < 4.78 is 17.7. The van der Waals surface area contributed by atoms with E-state index in [-0.39, 0.29) is 58.7 Å². The van der Waals surface area contributed by atoms with Crippen molar-refractivity contribution in [3.8, 4) is 0 Å². The molecule has 0 amide bonds. The predicted octanol–water partition coefficient (Wildman–Crippen LogP) is 1.45. The van der Waals surface area contributed by atoms with Crippen molar-refractivity contribution in [3.63, 3.8) is 0 Å². The highest BCUT2D eigenvalue weighted by atomic mass is 16.5. The Kier molecular flexibility index (Phi) is 4.70. The van der Waals surface area contributed by atoms with Crippen LogP contribution in [0.5, 0.6) is 0 Å². The number of aliphatic hydroxyl groups is 2. The molecule has 7 heteroatoms. The molecular weight excluding hydrogens is 410 g/mol. The first kappa shape index (κ1) is 21.8. The van der Waals surface area contributed by atoms with Gasteiger partial charge in [0.1, 0.15) is 6.10 Å². The van der Waals surface area contributed by atoms with E-state index in [1.165, 1.54) is 6.92 Å². The van der Waals surface area contributed by atoms with Crippen LogP contribution in [0.3, 0.4) is 0 Å². The molecule has 0 aromatic carbocycles. The van der Waals surface area contributed by atoms with Gasteiger partial charge < -0.3 is 24.4 Å². The van der Waals surface area contributed by atoms with Crippen LogP contribution in [0.25, 0.3) is 0 Å². The van der Waals surface area contributed by atoms with Crippen LogP contribution in [0.2, 0.25) is 0 Å². The number of ether oxygens (including phenoxy) is 3. The Morgan fingerprint density at radius 3 is 2.66 bits per heavy atom. The molecule has 5 saturated carbocycles. The maximum atomic E-state index is 12.5. The van der Waals surface area contributed by atoms with Crippen molar-refractivity contribution in [2.75, 3.05) is 33.9 Å². The third-order valence-electron chi connectivity index (χ3n) is 11.2. The van der Waals surface area contributed by atoms with Crippen LogP contribution in [0.15, 0.2) is 0 Å². The lowest BCUT2D eigenvalue weighted by atomic mass is 9.43. The number of rotatable bonds is 5. The largest absolute Gasteiger partial charge is 0.462 e. The highest BCUT2D eigenvalue weighted by Crippen LogP contribution is 2.79. The molecule has 32 heavy (non-hydrogen) atoms. The van der Waals surface area contributed by atoms with Gasteiger partial charge in [-0.15, -0.1) is 0 Å². The lowest BCUT2D eigenvalue weighted by molar-refractivity contribution is -0.274. The fraction of sp³-hybridized carbons (Fsp3) is 0.960. The number of esters is 1. The van der Waals surface area contributed by atoms with Gasteiger partial charge in [-0.25, -0.2) is 0 Å². The number of carbonyl (C=O) groups excluding carboxylic acids is 1. The minimum atomic E-state index is -0.942.